The summed E-state index contributed by atoms with van der Waals surface area (Å²) in [7, 11) is -3.66. The quantitative estimate of drug-likeness (QED) is 0.760. The highest BCUT2D eigenvalue weighted by Gasteiger charge is 2.28. The van der Waals surface area contributed by atoms with Crippen LogP contribution >= 0.6 is 0 Å². The topological polar surface area (TPSA) is 92.3 Å². The summed E-state index contributed by atoms with van der Waals surface area (Å²) in [6.45, 7) is -0.536. The van der Waals surface area contributed by atoms with Crippen molar-refractivity contribution in [1.82, 2.24) is 10.6 Å². The monoisotopic (exact) mass is 366 g/mol. The Kier molecular flexibility index (Phi) is 6.76. The first-order valence-electron chi connectivity index (χ1n) is 7.00. The van der Waals surface area contributed by atoms with Gasteiger partial charge in [0.15, 0.2) is 9.84 Å². The van der Waals surface area contributed by atoms with Crippen LogP contribution in [0.2, 0.25) is 0 Å². The lowest BCUT2D eigenvalue weighted by Gasteiger charge is -2.11. The molecule has 0 radical (unpaired) electrons. The number of nitrogens with one attached hydrogen (secondary N) is 2. The maximum absolute atomic E-state index is 12.1. The highest BCUT2D eigenvalue weighted by atomic mass is 32.2. The van der Waals surface area contributed by atoms with Crippen molar-refractivity contribution in [3.8, 4) is 0 Å². The molecule has 10 heteroatoms. The summed E-state index contributed by atoms with van der Waals surface area (Å²) >= 11 is 0. The number of rotatable bonds is 7. The van der Waals surface area contributed by atoms with Crippen LogP contribution in [-0.4, -0.2) is 45.3 Å². The zero-order valence-corrected chi connectivity index (χ0v) is 13.6. The van der Waals surface area contributed by atoms with E-state index in [0.29, 0.717) is 6.42 Å². The molecule has 0 aliphatic carbocycles. The van der Waals surface area contributed by atoms with E-state index >= 15 is 0 Å². The van der Waals surface area contributed by atoms with Gasteiger partial charge in [0, 0.05) is 0 Å². The van der Waals surface area contributed by atoms with Crippen LogP contribution in [-0.2, 0) is 14.6 Å². The molecule has 0 atom stereocenters. The van der Waals surface area contributed by atoms with Crippen molar-refractivity contribution in [2.75, 3.05) is 18.8 Å². The lowest BCUT2D eigenvalue weighted by Crippen LogP contribution is -2.41. The molecule has 1 aromatic carbocycles. The molecule has 0 saturated heterocycles. The maximum Gasteiger partial charge on any atom is 0.405 e. The molecule has 0 bridgehead atoms. The number of carbonyl (C=O) groups excluding carboxylic acids is 2. The fourth-order valence-electron chi connectivity index (χ4n) is 1.82. The number of sulfone groups is 1. The molecule has 24 heavy (non-hydrogen) atoms. The predicted octanol–water partition coefficient (Wildman–Crippen LogP) is 1.28. The van der Waals surface area contributed by atoms with E-state index in [2.05, 4.69) is 5.32 Å². The maximum atomic E-state index is 12.1. The second kappa shape index (κ2) is 8.13. The summed E-state index contributed by atoms with van der Waals surface area (Å²) < 4.78 is 60.2. The van der Waals surface area contributed by atoms with Gasteiger partial charge in [-0.2, -0.15) is 13.2 Å². The molecule has 0 aliphatic heterocycles. The third-order valence-corrected chi connectivity index (χ3v) is 4.81. The van der Waals surface area contributed by atoms with Crippen LogP contribution < -0.4 is 10.6 Å². The van der Waals surface area contributed by atoms with Crippen molar-refractivity contribution in [3.63, 3.8) is 0 Å². The molecule has 0 aliphatic rings. The number of hydrogen-bond donors (Lipinski definition) is 2. The first-order chi connectivity index (χ1) is 11.1. The minimum absolute atomic E-state index is 0.149. The molecule has 0 spiro atoms. The average Bonchev–Trinajstić information content (AvgIpc) is 2.50. The van der Waals surface area contributed by atoms with Crippen LogP contribution in [0.5, 0.6) is 0 Å². The van der Waals surface area contributed by atoms with Gasteiger partial charge in [-0.1, -0.05) is 19.1 Å². The van der Waals surface area contributed by atoms with Gasteiger partial charge >= 0.3 is 6.18 Å². The van der Waals surface area contributed by atoms with Crippen molar-refractivity contribution >= 4 is 21.7 Å². The van der Waals surface area contributed by atoms with E-state index in [0.717, 1.165) is 0 Å². The SMILES string of the molecule is CCCS(=O)(=O)c1ccccc1C(=O)NCC(=O)NCC(F)(F)F. The zero-order chi connectivity index (χ0) is 18.4. The molecule has 0 fully saturated rings. The lowest BCUT2D eigenvalue weighted by molar-refractivity contribution is -0.137. The van der Waals surface area contributed by atoms with Gasteiger partial charge in [-0.3, -0.25) is 9.59 Å². The molecule has 0 saturated carbocycles. The van der Waals surface area contributed by atoms with Crippen LogP contribution in [0, 0.1) is 0 Å². The summed E-state index contributed by atoms with van der Waals surface area (Å²) in [5, 5.41) is 3.70. The van der Waals surface area contributed by atoms with Crippen LogP contribution in [0.25, 0.3) is 0 Å². The van der Waals surface area contributed by atoms with Crippen molar-refractivity contribution < 1.29 is 31.2 Å². The van der Waals surface area contributed by atoms with Gasteiger partial charge in [0.1, 0.15) is 6.54 Å². The molecule has 0 aromatic heterocycles. The molecule has 2 amide bonds. The van der Waals surface area contributed by atoms with Crippen molar-refractivity contribution in [1.29, 1.82) is 0 Å². The van der Waals surface area contributed by atoms with Crippen molar-refractivity contribution in [2.24, 2.45) is 0 Å². The fourth-order valence-corrected chi connectivity index (χ4v) is 3.36. The molecular weight excluding hydrogens is 349 g/mol. The number of amides is 2. The van der Waals surface area contributed by atoms with E-state index in [-0.39, 0.29) is 16.2 Å². The van der Waals surface area contributed by atoms with Crippen LogP contribution in [0.3, 0.4) is 0 Å². The average molecular weight is 366 g/mol. The summed E-state index contributed by atoms with van der Waals surface area (Å²) in [6, 6.07) is 5.44. The van der Waals surface area contributed by atoms with Gasteiger partial charge in [-0.15, -0.1) is 0 Å². The molecule has 1 rings (SSSR count). The number of hydrogen-bond acceptors (Lipinski definition) is 4. The third-order valence-electron chi connectivity index (χ3n) is 2.84. The van der Waals surface area contributed by atoms with Gasteiger partial charge in [-0.25, -0.2) is 8.42 Å². The highest BCUT2D eigenvalue weighted by Crippen LogP contribution is 2.17. The smallest absolute Gasteiger partial charge is 0.345 e. The number of halogens is 3. The molecule has 1 aromatic rings. The molecular formula is C14H17F3N2O4S. The van der Waals surface area contributed by atoms with Gasteiger partial charge < -0.3 is 10.6 Å². The second-order valence-corrected chi connectivity index (χ2v) is 6.97. The Morgan fingerprint density at radius 1 is 1.12 bits per heavy atom. The largest absolute Gasteiger partial charge is 0.405 e. The Hall–Kier alpha value is -2.10. The summed E-state index contributed by atoms with van der Waals surface area (Å²) in [5.41, 5.74) is -0.158. The molecule has 0 heterocycles. The summed E-state index contributed by atoms with van der Waals surface area (Å²) in [6.07, 6.45) is -4.20. The molecule has 0 unspecified atom stereocenters. The molecule has 134 valence electrons. The Labute approximate surface area is 137 Å². The number of carbonyl (C=O) groups is 2. The fraction of sp³-hybridized carbons (Fsp3) is 0.429. The minimum Gasteiger partial charge on any atom is -0.345 e. The van der Waals surface area contributed by atoms with Crippen LogP contribution in [0.1, 0.15) is 23.7 Å². The van der Waals surface area contributed by atoms with Gasteiger partial charge in [-0.05, 0) is 18.6 Å². The van der Waals surface area contributed by atoms with E-state index in [9.17, 15) is 31.2 Å². The molecule has 2 N–H and O–H groups in total. The van der Waals surface area contributed by atoms with Gasteiger partial charge in [0.2, 0.25) is 5.91 Å². The van der Waals surface area contributed by atoms with Crippen LogP contribution in [0.15, 0.2) is 29.2 Å². The minimum atomic E-state index is -4.56. The summed E-state index contributed by atoms with van der Waals surface area (Å²) in [4.78, 5) is 23.1. The Balaban J connectivity index is 2.78. The standard InChI is InChI=1S/C14H17F3N2O4S/c1-2-7-24(22,23)11-6-4-3-5-10(11)13(21)18-8-12(20)19-9-14(15,16)17/h3-6H,2,7-9H2,1H3,(H,18,21)(H,19,20). The van der Waals surface area contributed by atoms with Crippen LogP contribution in [0.4, 0.5) is 13.2 Å². The number of alkyl halides is 3. The van der Waals surface area contributed by atoms with Gasteiger partial charge in [0.05, 0.1) is 22.8 Å². The molecule has 6 nitrogen and oxygen atoms in total. The van der Waals surface area contributed by atoms with E-state index in [4.69, 9.17) is 0 Å². The Bertz CT molecular complexity index is 702. The Morgan fingerprint density at radius 2 is 1.75 bits per heavy atom. The van der Waals surface area contributed by atoms with Gasteiger partial charge in [0.25, 0.3) is 5.91 Å². The second-order valence-electron chi connectivity index (χ2n) is 4.89. The van der Waals surface area contributed by atoms with Crippen molar-refractivity contribution in [3.05, 3.63) is 29.8 Å². The van der Waals surface area contributed by atoms with E-state index in [1.54, 1.807) is 12.2 Å². The first-order valence-corrected chi connectivity index (χ1v) is 8.65. The first kappa shape index (κ1) is 19.9. The summed E-state index contributed by atoms with van der Waals surface area (Å²) in [5.74, 6) is -2.04. The lowest BCUT2D eigenvalue weighted by atomic mass is 10.2. The zero-order valence-electron chi connectivity index (χ0n) is 12.8. The van der Waals surface area contributed by atoms with Crippen molar-refractivity contribution in [2.45, 2.75) is 24.4 Å². The van der Waals surface area contributed by atoms with E-state index in [1.165, 1.54) is 24.3 Å². The predicted molar refractivity (Wildman–Crippen MR) is 80.2 cm³/mol. The highest BCUT2D eigenvalue weighted by molar-refractivity contribution is 7.91. The van der Waals surface area contributed by atoms with E-state index < -0.39 is 40.9 Å². The third kappa shape index (κ3) is 6.19. The normalized spacial score (nSPS) is 11.8. The van der Waals surface area contributed by atoms with E-state index in [1.807, 2.05) is 0 Å². The Morgan fingerprint density at radius 3 is 2.33 bits per heavy atom. The number of benzene rings is 1.